The first-order valence-electron chi connectivity index (χ1n) is 12.2. The third-order valence-electron chi connectivity index (χ3n) is 6.01. The Balaban J connectivity index is 1.66. The van der Waals surface area contributed by atoms with E-state index in [2.05, 4.69) is 37.4 Å². The van der Waals surface area contributed by atoms with Gasteiger partial charge in [0, 0.05) is 48.5 Å². The average molecular weight is 518 g/mol. The van der Waals surface area contributed by atoms with Crippen LogP contribution in [0.4, 0.5) is 27.4 Å². The molecule has 4 rings (SSSR count). The van der Waals surface area contributed by atoms with Crippen LogP contribution in [0.2, 0.25) is 0 Å². The molecule has 0 aliphatic rings. The molecule has 0 unspecified atom stereocenters. The van der Waals surface area contributed by atoms with Crippen LogP contribution in [0.3, 0.4) is 0 Å². The molecule has 38 heavy (non-hydrogen) atoms. The number of benzene rings is 2. The molecule has 10 heteroatoms. The van der Waals surface area contributed by atoms with Crippen LogP contribution in [0.1, 0.15) is 6.42 Å². The summed E-state index contributed by atoms with van der Waals surface area (Å²) in [6.45, 7) is 5.18. The maximum Gasteiger partial charge on any atom is 0.247 e. The first-order chi connectivity index (χ1) is 18.3. The monoisotopic (exact) mass is 517 g/mol. The Morgan fingerprint density at radius 2 is 2.00 bits per heavy atom. The summed E-state index contributed by atoms with van der Waals surface area (Å²) in [5.41, 5.74) is 4.16. The molecular weight excluding hydrogens is 485 g/mol. The molecular formula is C28H32FN7O2. The number of methoxy groups -OCH3 is 1. The second-order valence-corrected chi connectivity index (χ2v) is 9.08. The number of carbonyl (C=O) groups is 1. The second kappa shape index (κ2) is 11.7. The van der Waals surface area contributed by atoms with E-state index in [0.29, 0.717) is 41.0 Å². The Kier molecular flexibility index (Phi) is 8.22. The smallest absolute Gasteiger partial charge is 0.247 e. The largest absolute Gasteiger partial charge is 0.494 e. The molecule has 3 N–H and O–H groups in total. The summed E-state index contributed by atoms with van der Waals surface area (Å²) in [6, 6.07) is 10.0. The Morgan fingerprint density at radius 1 is 1.18 bits per heavy atom. The molecule has 0 aliphatic heterocycles. The van der Waals surface area contributed by atoms with Crippen LogP contribution in [0.5, 0.6) is 5.75 Å². The molecule has 0 atom stereocenters. The van der Waals surface area contributed by atoms with Crippen molar-refractivity contribution in [2.75, 3.05) is 50.2 Å². The highest BCUT2D eigenvalue weighted by Crippen LogP contribution is 2.37. The quantitative estimate of drug-likeness (QED) is 0.190. The Hall–Kier alpha value is -4.44. The van der Waals surface area contributed by atoms with Gasteiger partial charge in [-0.05, 0) is 63.5 Å². The van der Waals surface area contributed by atoms with Gasteiger partial charge in [0.05, 0.1) is 29.9 Å². The van der Waals surface area contributed by atoms with E-state index >= 15 is 0 Å². The molecule has 0 saturated carbocycles. The van der Waals surface area contributed by atoms with Crippen molar-refractivity contribution in [1.82, 2.24) is 19.4 Å². The van der Waals surface area contributed by atoms with Crippen molar-refractivity contribution in [3.63, 3.8) is 0 Å². The van der Waals surface area contributed by atoms with E-state index in [9.17, 15) is 9.18 Å². The topological polar surface area (TPSA) is 96.3 Å². The molecule has 0 bridgehead atoms. The summed E-state index contributed by atoms with van der Waals surface area (Å²) in [5.74, 6) is 0.213. The van der Waals surface area contributed by atoms with Crippen molar-refractivity contribution in [3.05, 3.63) is 67.3 Å². The van der Waals surface area contributed by atoms with E-state index in [1.807, 2.05) is 38.0 Å². The zero-order valence-electron chi connectivity index (χ0n) is 22.0. The number of hydrogen-bond acceptors (Lipinski definition) is 7. The fourth-order valence-corrected chi connectivity index (χ4v) is 4.16. The number of amides is 1. The molecule has 198 valence electrons. The van der Waals surface area contributed by atoms with E-state index in [-0.39, 0.29) is 11.7 Å². The van der Waals surface area contributed by atoms with Crippen LogP contribution in [0, 0.1) is 5.82 Å². The van der Waals surface area contributed by atoms with Crippen molar-refractivity contribution in [2.45, 2.75) is 6.42 Å². The highest BCUT2D eigenvalue weighted by Gasteiger charge is 2.15. The summed E-state index contributed by atoms with van der Waals surface area (Å²) in [7, 11) is 7.52. The van der Waals surface area contributed by atoms with Gasteiger partial charge in [-0.3, -0.25) is 4.79 Å². The standard InChI is InChI=1S/C28H32FN7O2/c1-6-27(37)32-23-15-24(26(38-5)16-22(23)30-11-7-13-35(2)3)34-28-31-12-10-21(33-28)20-17-36(4)25-9-8-18(29)14-19(20)25/h6,8-10,12,14-17,30H,1,7,11,13H2,2-5H3,(H,32,37)(H,31,33,34). The molecule has 2 aromatic carbocycles. The van der Waals surface area contributed by atoms with Crippen molar-refractivity contribution in [3.8, 4) is 17.0 Å². The zero-order chi connectivity index (χ0) is 27.2. The predicted molar refractivity (Wildman–Crippen MR) is 151 cm³/mol. The summed E-state index contributed by atoms with van der Waals surface area (Å²) in [6.07, 6.45) is 5.68. The predicted octanol–water partition coefficient (Wildman–Crippen LogP) is 5.01. The van der Waals surface area contributed by atoms with E-state index in [4.69, 9.17) is 4.74 Å². The van der Waals surface area contributed by atoms with Gasteiger partial charge >= 0.3 is 0 Å². The van der Waals surface area contributed by atoms with Gasteiger partial charge in [-0.15, -0.1) is 0 Å². The number of rotatable bonds is 11. The Labute approximate surface area is 221 Å². The molecule has 1 amide bonds. The third kappa shape index (κ3) is 6.09. The van der Waals surface area contributed by atoms with Gasteiger partial charge in [-0.1, -0.05) is 6.58 Å². The van der Waals surface area contributed by atoms with Crippen molar-refractivity contribution in [1.29, 1.82) is 0 Å². The van der Waals surface area contributed by atoms with E-state index in [1.165, 1.54) is 18.2 Å². The van der Waals surface area contributed by atoms with Gasteiger partial charge in [-0.25, -0.2) is 14.4 Å². The molecule has 0 radical (unpaired) electrons. The van der Waals surface area contributed by atoms with E-state index < -0.39 is 0 Å². The van der Waals surface area contributed by atoms with Crippen molar-refractivity contribution < 1.29 is 13.9 Å². The number of anilines is 4. The van der Waals surface area contributed by atoms with Crippen LogP contribution in [-0.4, -0.2) is 59.6 Å². The Morgan fingerprint density at radius 3 is 2.74 bits per heavy atom. The lowest BCUT2D eigenvalue weighted by Gasteiger charge is -2.18. The average Bonchev–Trinajstić information content (AvgIpc) is 3.22. The molecule has 2 heterocycles. The molecule has 0 aliphatic carbocycles. The first-order valence-corrected chi connectivity index (χ1v) is 12.2. The van der Waals surface area contributed by atoms with Gasteiger partial charge < -0.3 is 30.2 Å². The second-order valence-electron chi connectivity index (χ2n) is 9.08. The van der Waals surface area contributed by atoms with Crippen molar-refractivity contribution >= 4 is 39.8 Å². The minimum Gasteiger partial charge on any atom is -0.494 e. The fraction of sp³-hybridized carbons (Fsp3) is 0.250. The number of aryl methyl sites for hydroxylation is 1. The molecule has 0 spiro atoms. The van der Waals surface area contributed by atoms with Gasteiger partial charge in [0.1, 0.15) is 11.6 Å². The molecule has 0 saturated heterocycles. The number of aromatic nitrogens is 3. The number of ether oxygens (including phenoxy) is 1. The van der Waals surface area contributed by atoms with Crippen LogP contribution in [0.25, 0.3) is 22.2 Å². The maximum absolute atomic E-state index is 14.0. The molecule has 2 aromatic heterocycles. The fourth-order valence-electron chi connectivity index (χ4n) is 4.16. The number of halogens is 1. The number of hydrogen-bond donors (Lipinski definition) is 3. The Bertz CT molecular complexity index is 1470. The molecule has 9 nitrogen and oxygen atoms in total. The normalized spacial score (nSPS) is 11.0. The lowest BCUT2D eigenvalue weighted by Crippen LogP contribution is -2.17. The van der Waals surface area contributed by atoms with Crippen LogP contribution in [-0.2, 0) is 11.8 Å². The zero-order valence-corrected chi connectivity index (χ0v) is 22.0. The summed E-state index contributed by atoms with van der Waals surface area (Å²) in [5, 5.41) is 10.2. The summed E-state index contributed by atoms with van der Waals surface area (Å²) < 4.78 is 21.6. The molecule has 4 aromatic rings. The first kappa shape index (κ1) is 26.6. The number of fused-ring (bicyclic) bond motifs is 1. The number of nitrogens with zero attached hydrogens (tertiary/aromatic N) is 4. The third-order valence-corrected chi connectivity index (χ3v) is 6.01. The highest BCUT2D eigenvalue weighted by atomic mass is 19.1. The summed E-state index contributed by atoms with van der Waals surface area (Å²) in [4.78, 5) is 23.3. The number of carbonyl (C=O) groups excluding carboxylic acids is 1. The SMILES string of the molecule is C=CC(=O)Nc1cc(Nc2nccc(-c3cn(C)c4ccc(F)cc34)n2)c(OC)cc1NCCCN(C)C. The molecule has 0 fully saturated rings. The van der Waals surface area contributed by atoms with E-state index in [1.54, 1.807) is 31.5 Å². The number of nitrogens with one attached hydrogen (secondary N) is 3. The van der Waals surface area contributed by atoms with Gasteiger partial charge in [0.15, 0.2) is 0 Å². The van der Waals surface area contributed by atoms with Crippen molar-refractivity contribution in [2.24, 2.45) is 7.05 Å². The minimum atomic E-state index is -0.334. The van der Waals surface area contributed by atoms with Gasteiger partial charge in [-0.2, -0.15) is 0 Å². The van der Waals surface area contributed by atoms with Crippen LogP contribution in [0.15, 0.2) is 61.4 Å². The lowest BCUT2D eigenvalue weighted by atomic mass is 10.1. The highest BCUT2D eigenvalue weighted by molar-refractivity contribution is 6.02. The summed E-state index contributed by atoms with van der Waals surface area (Å²) >= 11 is 0. The maximum atomic E-state index is 14.0. The van der Waals surface area contributed by atoms with E-state index in [0.717, 1.165) is 29.4 Å². The van der Waals surface area contributed by atoms with Crippen LogP contribution < -0.4 is 20.7 Å². The van der Waals surface area contributed by atoms with Gasteiger partial charge in [0.2, 0.25) is 11.9 Å². The van der Waals surface area contributed by atoms with Crippen LogP contribution >= 0.6 is 0 Å². The van der Waals surface area contributed by atoms with Gasteiger partial charge in [0.25, 0.3) is 0 Å². The lowest BCUT2D eigenvalue weighted by molar-refractivity contribution is -0.111. The minimum absolute atomic E-state index is 0.313.